The van der Waals surface area contributed by atoms with Crippen LogP contribution in [-0.2, 0) is 0 Å². The Labute approximate surface area is 115 Å². The third-order valence-electron chi connectivity index (χ3n) is 3.99. The van der Waals surface area contributed by atoms with Crippen LogP contribution in [0, 0.1) is 5.92 Å². The normalized spacial score (nSPS) is 23.6. The van der Waals surface area contributed by atoms with Crippen LogP contribution in [-0.4, -0.2) is 46.3 Å². The number of methoxy groups -OCH3 is 2. The van der Waals surface area contributed by atoms with Gasteiger partial charge in [-0.2, -0.15) is 0 Å². The Bertz CT molecular complexity index is 421. The fourth-order valence-corrected chi connectivity index (χ4v) is 3.14. The van der Waals surface area contributed by atoms with Gasteiger partial charge in [-0.05, 0) is 45.6 Å². The lowest BCUT2D eigenvalue weighted by Crippen LogP contribution is -2.27. The van der Waals surface area contributed by atoms with Crippen LogP contribution in [0.4, 0.5) is 0 Å². The van der Waals surface area contributed by atoms with Crippen molar-refractivity contribution in [2.24, 2.45) is 5.92 Å². The highest BCUT2D eigenvalue weighted by atomic mass is 16.5. The SMILES string of the molecule is CNCC1CCN(C)C1c1cccc(OC)c1OC. The molecule has 1 heterocycles. The summed E-state index contributed by atoms with van der Waals surface area (Å²) in [4.78, 5) is 2.40. The number of ether oxygens (including phenoxy) is 2. The van der Waals surface area contributed by atoms with Gasteiger partial charge in [0.2, 0.25) is 0 Å². The minimum atomic E-state index is 0.387. The Morgan fingerprint density at radius 2 is 2.11 bits per heavy atom. The maximum atomic E-state index is 5.58. The molecule has 1 N–H and O–H groups in total. The van der Waals surface area contributed by atoms with Crippen LogP contribution in [0.25, 0.3) is 0 Å². The largest absolute Gasteiger partial charge is 0.493 e. The van der Waals surface area contributed by atoms with Gasteiger partial charge in [0.25, 0.3) is 0 Å². The molecular weight excluding hydrogens is 240 g/mol. The highest BCUT2D eigenvalue weighted by Gasteiger charge is 2.34. The first-order valence-electron chi connectivity index (χ1n) is 6.78. The van der Waals surface area contributed by atoms with Gasteiger partial charge in [0.05, 0.1) is 14.2 Å². The molecule has 0 radical (unpaired) electrons. The molecule has 1 aromatic rings. The van der Waals surface area contributed by atoms with Crippen molar-refractivity contribution in [3.63, 3.8) is 0 Å². The second kappa shape index (κ2) is 6.26. The number of nitrogens with zero attached hydrogens (tertiary/aromatic N) is 1. The van der Waals surface area contributed by atoms with Crippen molar-refractivity contribution in [3.05, 3.63) is 23.8 Å². The van der Waals surface area contributed by atoms with Crippen LogP contribution < -0.4 is 14.8 Å². The second-order valence-corrected chi connectivity index (χ2v) is 5.11. The van der Waals surface area contributed by atoms with E-state index in [0.717, 1.165) is 24.6 Å². The topological polar surface area (TPSA) is 33.7 Å². The first-order valence-corrected chi connectivity index (χ1v) is 6.78. The molecule has 0 aliphatic carbocycles. The average molecular weight is 264 g/mol. The van der Waals surface area contributed by atoms with Gasteiger partial charge in [0.15, 0.2) is 11.5 Å². The quantitative estimate of drug-likeness (QED) is 0.881. The van der Waals surface area contributed by atoms with E-state index in [4.69, 9.17) is 9.47 Å². The van der Waals surface area contributed by atoms with E-state index in [1.54, 1.807) is 14.2 Å². The standard InChI is InChI=1S/C15H24N2O2/c1-16-10-11-8-9-17(2)14(11)12-6-5-7-13(18-3)15(12)19-4/h5-7,11,14,16H,8-10H2,1-4H3. The summed E-state index contributed by atoms with van der Waals surface area (Å²) >= 11 is 0. The number of nitrogens with one attached hydrogen (secondary N) is 1. The Hall–Kier alpha value is -1.26. The molecule has 1 aromatic carbocycles. The van der Waals surface area contributed by atoms with Crippen LogP contribution in [0.15, 0.2) is 18.2 Å². The van der Waals surface area contributed by atoms with Gasteiger partial charge < -0.3 is 14.8 Å². The third-order valence-corrected chi connectivity index (χ3v) is 3.99. The molecule has 19 heavy (non-hydrogen) atoms. The summed E-state index contributed by atoms with van der Waals surface area (Å²) in [5, 5.41) is 3.30. The molecule has 1 fully saturated rings. The average Bonchev–Trinajstić information content (AvgIpc) is 2.79. The zero-order valence-electron chi connectivity index (χ0n) is 12.3. The van der Waals surface area contributed by atoms with E-state index in [-0.39, 0.29) is 0 Å². The van der Waals surface area contributed by atoms with Crippen molar-refractivity contribution in [1.29, 1.82) is 0 Å². The summed E-state index contributed by atoms with van der Waals surface area (Å²) in [6, 6.07) is 6.53. The number of benzene rings is 1. The smallest absolute Gasteiger partial charge is 0.165 e. The zero-order valence-corrected chi connectivity index (χ0v) is 12.3. The molecule has 2 atom stereocenters. The molecule has 0 aromatic heterocycles. The fourth-order valence-electron chi connectivity index (χ4n) is 3.14. The molecular formula is C15H24N2O2. The molecule has 1 saturated heterocycles. The molecule has 106 valence electrons. The lowest BCUT2D eigenvalue weighted by Gasteiger charge is -2.27. The van der Waals surface area contributed by atoms with Crippen LogP contribution in [0.2, 0.25) is 0 Å². The second-order valence-electron chi connectivity index (χ2n) is 5.11. The van der Waals surface area contributed by atoms with Crippen LogP contribution in [0.3, 0.4) is 0 Å². The van der Waals surface area contributed by atoms with Crippen molar-refractivity contribution in [1.82, 2.24) is 10.2 Å². The Morgan fingerprint density at radius 3 is 2.74 bits per heavy atom. The number of likely N-dealkylation sites (tertiary alicyclic amines) is 1. The van der Waals surface area contributed by atoms with Crippen LogP contribution >= 0.6 is 0 Å². The van der Waals surface area contributed by atoms with Crippen molar-refractivity contribution < 1.29 is 9.47 Å². The van der Waals surface area contributed by atoms with E-state index in [9.17, 15) is 0 Å². The molecule has 0 bridgehead atoms. The van der Waals surface area contributed by atoms with Gasteiger partial charge in [0.1, 0.15) is 0 Å². The molecule has 2 unspecified atom stereocenters. The van der Waals surface area contributed by atoms with E-state index in [0.29, 0.717) is 12.0 Å². The Morgan fingerprint density at radius 1 is 1.32 bits per heavy atom. The Kier molecular flexibility index (Phi) is 4.66. The minimum Gasteiger partial charge on any atom is -0.493 e. The fraction of sp³-hybridized carbons (Fsp3) is 0.600. The molecule has 1 aliphatic heterocycles. The summed E-state index contributed by atoms with van der Waals surface area (Å²) in [7, 11) is 7.59. The summed E-state index contributed by atoms with van der Waals surface area (Å²) in [6.07, 6.45) is 1.21. The van der Waals surface area contributed by atoms with Crippen LogP contribution in [0.5, 0.6) is 11.5 Å². The third kappa shape index (κ3) is 2.69. The van der Waals surface area contributed by atoms with E-state index in [1.807, 2.05) is 19.2 Å². The van der Waals surface area contributed by atoms with Gasteiger partial charge >= 0.3 is 0 Å². The molecule has 0 amide bonds. The molecule has 1 aliphatic rings. The van der Waals surface area contributed by atoms with Gasteiger partial charge in [-0.25, -0.2) is 0 Å². The van der Waals surface area contributed by atoms with Crippen molar-refractivity contribution in [3.8, 4) is 11.5 Å². The first-order chi connectivity index (χ1) is 9.22. The predicted molar refractivity (Wildman–Crippen MR) is 77.0 cm³/mol. The zero-order chi connectivity index (χ0) is 13.8. The maximum Gasteiger partial charge on any atom is 0.165 e. The molecule has 0 spiro atoms. The van der Waals surface area contributed by atoms with E-state index in [2.05, 4.69) is 23.3 Å². The highest BCUT2D eigenvalue weighted by molar-refractivity contribution is 5.48. The summed E-state index contributed by atoms with van der Waals surface area (Å²) in [5.74, 6) is 2.28. The minimum absolute atomic E-state index is 0.387. The lowest BCUT2D eigenvalue weighted by atomic mass is 9.92. The molecule has 4 heteroatoms. The lowest BCUT2D eigenvalue weighted by molar-refractivity contribution is 0.262. The van der Waals surface area contributed by atoms with Crippen molar-refractivity contribution in [2.75, 3.05) is 41.4 Å². The van der Waals surface area contributed by atoms with Crippen LogP contribution in [0.1, 0.15) is 18.0 Å². The van der Waals surface area contributed by atoms with Gasteiger partial charge in [-0.1, -0.05) is 12.1 Å². The number of hydrogen-bond acceptors (Lipinski definition) is 4. The first kappa shape index (κ1) is 14.2. The monoisotopic (exact) mass is 264 g/mol. The summed E-state index contributed by atoms with van der Waals surface area (Å²) in [6.45, 7) is 2.15. The van der Waals surface area contributed by atoms with E-state index >= 15 is 0 Å². The number of rotatable bonds is 5. The van der Waals surface area contributed by atoms with Crippen molar-refractivity contribution in [2.45, 2.75) is 12.5 Å². The van der Waals surface area contributed by atoms with Gasteiger partial charge in [-0.15, -0.1) is 0 Å². The summed E-state index contributed by atoms with van der Waals surface area (Å²) in [5.41, 5.74) is 1.22. The number of hydrogen-bond donors (Lipinski definition) is 1. The molecule has 2 rings (SSSR count). The predicted octanol–water partition coefficient (Wildman–Crippen LogP) is 1.92. The summed E-state index contributed by atoms with van der Waals surface area (Å²) < 4.78 is 11.0. The molecule has 4 nitrogen and oxygen atoms in total. The molecule has 0 saturated carbocycles. The Balaban J connectivity index is 2.38. The highest BCUT2D eigenvalue weighted by Crippen LogP contribution is 2.43. The van der Waals surface area contributed by atoms with E-state index < -0.39 is 0 Å². The number of para-hydroxylation sites is 1. The van der Waals surface area contributed by atoms with Gasteiger partial charge in [-0.3, -0.25) is 4.90 Å². The van der Waals surface area contributed by atoms with Gasteiger partial charge in [0, 0.05) is 11.6 Å². The maximum absolute atomic E-state index is 5.58. The van der Waals surface area contributed by atoms with Crippen molar-refractivity contribution >= 4 is 0 Å². The van der Waals surface area contributed by atoms with E-state index in [1.165, 1.54) is 12.0 Å².